The molecular weight excluding hydrogens is 288 g/mol. The fourth-order valence-corrected chi connectivity index (χ4v) is 3.97. The number of rotatable bonds is 3. The number of halogens is 1. The lowest BCUT2D eigenvalue weighted by Gasteiger charge is -2.39. The van der Waals surface area contributed by atoms with E-state index in [1.165, 1.54) is 4.68 Å². The van der Waals surface area contributed by atoms with Gasteiger partial charge in [-0.05, 0) is 31.6 Å². The molecule has 6 heteroatoms. The number of hydrogen-bond donors (Lipinski definition) is 1. The van der Waals surface area contributed by atoms with Gasteiger partial charge in [-0.15, -0.1) is 0 Å². The Bertz CT molecular complexity index is 572. The minimum atomic E-state index is -0.183. The Hall–Kier alpha value is -1.07. The standard InChI is InChI=1S/C15H23ClN4O/c1-9(2)8-19-15(21)14(16)13(7-18-19)20-11-3-4-12(20)6-10(17)5-11/h7,9-12H,3-6,8,17H2,1-2H3. The first-order valence-corrected chi connectivity index (χ1v) is 8.14. The molecule has 1 aromatic heterocycles. The number of nitrogens with zero attached hydrogens (tertiary/aromatic N) is 3. The molecule has 0 radical (unpaired) electrons. The highest BCUT2D eigenvalue weighted by Crippen LogP contribution is 2.40. The van der Waals surface area contributed by atoms with Crippen LogP contribution in [0.3, 0.4) is 0 Å². The van der Waals surface area contributed by atoms with Crippen molar-refractivity contribution in [3.8, 4) is 0 Å². The van der Waals surface area contributed by atoms with Crippen LogP contribution in [0.5, 0.6) is 0 Å². The van der Waals surface area contributed by atoms with Gasteiger partial charge in [0.25, 0.3) is 5.56 Å². The average Bonchev–Trinajstić information content (AvgIpc) is 2.67. The Balaban J connectivity index is 1.94. The van der Waals surface area contributed by atoms with Crippen LogP contribution in [0.15, 0.2) is 11.0 Å². The van der Waals surface area contributed by atoms with E-state index in [0.717, 1.165) is 31.4 Å². The van der Waals surface area contributed by atoms with Gasteiger partial charge in [0.1, 0.15) is 5.02 Å². The third-order valence-electron chi connectivity index (χ3n) is 4.55. The molecule has 0 amide bonds. The molecule has 116 valence electrons. The quantitative estimate of drug-likeness (QED) is 0.927. The van der Waals surface area contributed by atoms with E-state index in [9.17, 15) is 4.79 Å². The van der Waals surface area contributed by atoms with Gasteiger partial charge in [-0.3, -0.25) is 4.79 Å². The zero-order valence-corrected chi connectivity index (χ0v) is 13.4. The minimum Gasteiger partial charge on any atom is -0.363 e. The van der Waals surface area contributed by atoms with E-state index in [0.29, 0.717) is 29.6 Å². The zero-order chi connectivity index (χ0) is 15.1. The van der Waals surface area contributed by atoms with Crippen molar-refractivity contribution in [2.75, 3.05) is 4.90 Å². The Morgan fingerprint density at radius 2 is 2.00 bits per heavy atom. The van der Waals surface area contributed by atoms with Crippen molar-refractivity contribution in [3.63, 3.8) is 0 Å². The van der Waals surface area contributed by atoms with E-state index in [4.69, 9.17) is 17.3 Å². The van der Waals surface area contributed by atoms with Crippen molar-refractivity contribution in [3.05, 3.63) is 21.6 Å². The van der Waals surface area contributed by atoms with Gasteiger partial charge >= 0.3 is 0 Å². The Kier molecular flexibility index (Phi) is 3.97. The fraction of sp³-hybridized carbons (Fsp3) is 0.733. The molecular formula is C15H23ClN4O. The second-order valence-corrected chi connectivity index (χ2v) is 7.13. The molecule has 3 heterocycles. The molecule has 2 aliphatic rings. The summed E-state index contributed by atoms with van der Waals surface area (Å²) in [6.45, 7) is 4.71. The van der Waals surface area contributed by atoms with Gasteiger partial charge in [-0.2, -0.15) is 5.10 Å². The van der Waals surface area contributed by atoms with Gasteiger partial charge in [0.05, 0.1) is 11.9 Å². The highest BCUT2D eigenvalue weighted by molar-refractivity contribution is 6.33. The fourth-order valence-electron chi connectivity index (χ4n) is 3.72. The topological polar surface area (TPSA) is 64.2 Å². The van der Waals surface area contributed by atoms with Crippen LogP contribution in [-0.4, -0.2) is 27.9 Å². The summed E-state index contributed by atoms with van der Waals surface area (Å²) >= 11 is 6.36. The maximum Gasteiger partial charge on any atom is 0.287 e. The van der Waals surface area contributed by atoms with Crippen LogP contribution in [0.4, 0.5) is 5.69 Å². The molecule has 0 saturated carbocycles. The van der Waals surface area contributed by atoms with E-state index in [2.05, 4.69) is 23.8 Å². The third kappa shape index (κ3) is 2.69. The van der Waals surface area contributed by atoms with Crippen LogP contribution in [-0.2, 0) is 6.54 Å². The first-order valence-electron chi connectivity index (χ1n) is 7.77. The molecule has 2 N–H and O–H groups in total. The summed E-state index contributed by atoms with van der Waals surface area (Å²) in [4.78, 5) is 14.7. The monoisotopic (exact) mass is 310 g/mol. The molecule has 2 saturated heterocycles. The van der Waals surface area contributed by atoms with E-state index < -0.39 is 0 Å². The molecule has 2 aliphatic heterocycles. The summed E-state index contributed by atoms with van der Waals surface area (Å²) in [7, 11) is 0. The molecule has 2 unspecified atom stereocenters. The lowest BCUT2D eigenvalue weighted by Crippen LogP contribution is -2.48. The van der Waals surface area contributed by atoms with Crippen LogP contribution in [0.25, 0.3) is 0 Å². The first kappa shape index (κ1) is 14.9. The maximum absolute atomic E-state index is 12.4. The summed E-state index contributed by atoms with van der Waals surface area (Å²) in [6.07, 6.45) is 5.96. The number of nitrogens with two attached hydrogens (primary N) is 1. The lowest BCUT2D eigenvalue weighted by molar-refractivity contribution is 0.412. The maximum atomic E-state index is 12.4. The van der Waals surface area contributed by atoms with Gasteiger partial charge in [0.2, 0.25) is 0 Å². The zero-order valence-electron chi connectivity index (χ0n) is 12.6. The lowest BCUT2D eigenvalue weighted by atomic mass is 9.98. The Morgan fingerprint density at radius 3 is 2.57 bits per heavy atom. The second-order valence-electron chi connectivity index (χ2n) is 6.75. The van der Waals surface area contributed by atoms with Crippen molar-refractivity contribution in [2.45, 2.75) is 64.2 Å². The van der Waals surface area contributed by atoms with Crippen LogP contribution in [0.2, 0.25) is 5.02 Å². The van der Waals surface area contributed by atoms with Crippen molar-refractivity contribution >= 4 is 17.3 Å². The first-order chi connectivity index (χ1) is 9.97. The van der Waals surface area contributed by atoms with Crippen molar-refractivity contribution in [1.82, 2.24) is 9.78 Å². The Morgan fingerprint density at radius 1 is 1.38 bits per heavy atom. The summed E-state index contributed by atoms with van der Waals surface area (Å²) in [6, 6.07) is 1.07. The molecule has 2 atom stereocenters. The molecule has 21 heavy (non-hydrogen) atoms. The summed E-state index contributed by atoms with van der Waals surface area (Å²) < 4.78 is 1.47. The van der Waals surface area contributed by atoms with Crippen molar-refractivity contribution < 1.29 is 0 Å². The molecule has 2 bridgehead atoms. The average molecular weight is 311 g/mol. The SMILES string of the molecule is CC(C)Cn1ncc(N2C3CCC2CC(N)C3)c(Cl)c1=O. The molecule has 2 fully saturated rings. The molecule has 1 aromatic rings. The highest BCUT2D eigenvalue weighted by atomic mass is 35.5. The van der Waals surface area contributed by atoms with Crippen LogP contribution < -0.4 is 16.2 Å². The normalized spacial score (nSPS) is 28.4. The molecule has 3 rings (SSSR count). The van der Waals surface area contributed by atoms with Gasteiger partial charge in [0.15, 0.2) is 0 Å². The number of piperidine rings is 1. The van der Waals surface area contributed by atoms with Gasteiger partial charge in [-0.1, -0.05) is 25.4 Å². The number of fused-ring (bicyclic) bond motifs is 2. The number of hydrogen-bond acceptors (Lipinski definition) is 4. The van der Waals surface area contributed by atoms with Crippen LogP contribution in [0.1, 0.15) is 39.5 Å². The Labute approximate surface area is 130 Å². The summed E-state index contributed by atoms with van der Waals surface area (Å²) in [5, 5.41) is 4.62. The smallest absolute Gasteiger partial charge is 0.287 e. The second kappa shape index (κ2) is 5.61. The van der Waals surface area contributed by atoms with E-state index >= 15 is 0 Å². The summed E-state index contributed by atoms with van der Waals surface area (Å²) in [5.41, 5.74) is 6.71. The van der Waals surface area contributed by atoms with Crippen molar-refractivity contribution in [1.29, 1.82) is 0 Å². The number of aromatic nitrogens is 2. The predicted octanol–water partition coefficient (Wildman–Crippen LogP) is 2.01. The molecule has 0 aliphatic carbocycles. The van der Waals surface area contributed by atoms with E-state index in [-0.39, 0.29) is 11.6 Å². The van der Waals surface area contributed by atoms with Crippen LogP contribution in [0, 0.1) is 5.92 Å². The van der Waals surface area contributed by atoms with E-state index in [1.807, 2.05) is 0 Å². The predicted molar refractivity (Wildman–Crippen MR) is 84.8 cm³/mol. The van der Waals surface area contributed by atoms with Crippen LogP contribution >= 0.6 is 11.6 Å². The minimum absolute atomic E-state index is 0.183. The van der Waals surface area contributed by atoms with Crippen molar-refractivity contribution in [2.24, 2.45) is 11.7 Å². The third-order valence-corrected chi connectivity index (χ3v) is 4.91. The highest BCUT2D eigenvalue weighted by Gasteiger charge is 2.40. The van der Waals surface area contributed by atoms with Gasteiger partial charge in [-0.25, -0.2) is 4.68 Å². The largest absolute Gasteiger partial charge is 0.363 e. The summed E-state index contributed by atoms with van der Waals surface area (Å²) in [5.74, 6) is 0.362. The molecule has 5 nitrogen and oxygen atoms in total. The van der Waals surface area contributed by atoms with E-state index in [1.54, 1.807) is 6.20 Å². The van der Waals surface area contributed by atoms with Gasteiger partial charge < -0.3 is 10.6 Å². The number of anilines is 1. The molecule has 0 spiro atoms. The van der Waals surface area contributed by atoms with Gasteiger partial charge in [0, 0.05) is 24.7 Å². The molecule has 0 aromatic carbocycles.